The zero-order chi connectivity index (χ0) is 20.0. The molecule has 1 heterocycles. The molecule has 0 bridgehead atoms. The van der Waals surface area contributed by atoms with Crippen molar-refractivity contribution < 1.29 is 19.9 Å². The van der Waals surface area contributed by atoms with E-state index in [1.54, 1.807) is 0 Å². The molecule has 0 radical (unpaired) electrons. The molecule has 0 fully saturated rings. The van der Waals surface area contributed by atoms with Crippen LogP contribution in [0.25, 0.3) is 0 Å². The Bertz CT molecular complexity index is 832. The topological polar surface area (TPSA) is 163 Å². The Labute approximate surface area is 147 Å². The van der Waals surface area contributed by atoms with Gasteiger partial charge in [-0.1, -0.05) is 6.92 Å². The van der Waals surface area contributed by atoms with Gasteiger partial charge in [-0.25, -0.2) is 0 Å². The molecule has 26 heavy (non-hydrogen) atoms. The van der Waals surface area contributed by atoms with Crippen LogP contribution in [0, 0.1) is 44.2 Å². The van der Waals surface area contributed by atoms with Crippen molar-refractivity contribution in [2.45, 2.75) is 27.2 Å². The van der Waals surface area contributed by atoms with Crippen molar-refractivity contribution in [2.24, 2.45) is 0 Å². The summed E-state index contributed by atoms with van der Waals surface area (Å²) in [6, 6.07) is 2.94. The van der Waals surface area contributed by atoms with Crippen molar-refractivity contribution in [3.63, 3.8) is 0 Å². The summed E-state index contributed by atoms with van der Waals surface area (Å²) in [6.07, 6.45) is 2.91. The lowest BCUT2D eigenvalue weighted by molar-refractivity contribution is -0.404. The summed E-state index contributed by atoms with van der Waals surface area (Å²) in [5.74, 6) is -1.21. The lowest BCUT2D eigenvalue weighted by Gasteiger charge is -2.03. The number of benzene rings is 1. The maximum absolute atomic E-state index is 10.4. The van der Waals surface area contributed by atoms with Crippen LogP contribution in [0.4, 0.5) is 17.1 Å². The van der Waals surface area contributed by atoms with Crippen LogP contribution >= 0.6 is 0 Å². The summed E-state index contributed by atoms with van der Waals surface area (Å²) in [7, 11) is 0. The van der Waals surface area contributed by atoms with Gasteiger partial charge in [-0.05, 0) is 37.5 Å². The van der Waals surface area contributed by atoms with Gasteiger partial charge in [0.1, 0.15) is 0 Å². The average molecular weight is 364 g/mol. The first kappa shape index (κ1) is 20.4. The van der Waals surface area contributed by atoms with Gasteiger partial charge in [0, 0.05) is 11.9 Å². The second kappa shape index (κ2) is 8.46. The zero-order valence-corrected chi connectivity index (χ0v) is 14.2. The number of hydrogen-bond acceptors (Lipinski definition) is 8. The van der Waals surface area contributed by atoms with Gasteiger partial charge in [0.05, 0.1) is 26.9 Å². The number of nitro groups is 3. The monoisotopic (exact) mass is 364 g/mol. The standard InChI is InChI=1S/C9H13N.C6H3N3O7/c1-4-9-8(3)7(2)5-6-10-9;10-6-4(8(13)14)1-3(7(11)12)2-5(6)9(15)16/h5-6H,4H2,1-3H3;1-2,10H. The maximum atomic E-state index is 10.4. The number of rotatable bonds is 4. The smallest absolute Gasteiger partial charge is 0.324 e. The molecule has 1 N–H and O–H groups in total. The number of pyridine rings is 1. The van der Waals surface area contributed by atoms with Gasteiger partial charge in [-0.3, -0.25) is 35.3 Å². The third-order valence-corrected chi connectivity index (χ3v) is 3.57. The largest absolute Gasteiger partial charge is 0.497 e. The highest BCUT2D eigenvalue weighted by molar-refractivity contribution is 5.64. The Morgan fingerprint density at radius 1 is 1.00 bits per heavy atom. The van der Waals surface area contributed by atoms with E-state index in [0.29, 0.717) is 12.1 Å². The minimum atomic E-state index is -1.21. The molecule has 0 aliphatic carbocycles. The van der Waals surface area contributed by atoms with Crippen molar-refractivity contribution in [3.8, 4) is 5.75 Å². The summed E-state index contributed by atoms with van der Waals surface area (Å²) < 4.78 is 0. The highest BCUT2D eigenvalue weighted by Crippen LogP contribution is 2.38. The van der Waals surface area contributed by atoms with E-state index >= 15 is 0 Å². The molecule has 0 aliphatic heterocycles. The molecule has 0 saturated heterocycles. The zero-order valence-electron chi connectivity index (χ0n) is 14.2. The predicted octanol–water partition coefficient (Wildman–Crippen LogP) is 3.38. The van der Waals surface area contributed by atoms with Crippen LogP contribution in [-0.2, 0) is 6.42 Å². The minimum absolute atomic E-state index is 0.447. The molecule has 1 aromatic carbocycles. The number of nitrogens with zero attached hydrogens (tertiary/aromatic N) is 4. The molecule has 1 aromatic heterocycles. The number of aryl methyl sites for hydroxylation is 2. The molecular weight excluding hydrogens is 348 g/mol. The van der Waals surface area contributed by atoms with Gasteiger partial charge in [0.25, 0.3) is 11.4 Å². The number of aromatic nitrogens is 1. The summed E-state index contributed by atoms with van der Waals surface area (Å²) in [6.45, 7) is 6.38. The van der Waals surface area contributed by atoms with Gasteiger partial charge in [0.2, 0.25) is 0 Å². The average Bonchev–Trinajstić information content (AvgIpc) is 2.57. The summed E-state index contributed by atoms with van der Waals surface area (Å²) in [5.41, 5.74) is 0.898. The van der Waals surface area contributed by atoms with Crippen LogP contribution in [0.5, 0.6) is 5.75 Å². The van der Waals surface area contributed by atoms with Crippen molar-refractivity contribution in [2.75, 3.05) is 0 Å². The number of nitro benzene ring substituents is 3. The third-order valence-electron chi connectivity index (χ3n) is 3.57. The molecule has 0 saturated carbocycles. The summed E-state index contributed by atoms with van der Waals surface area (Å²) >= 11 is 0. The molecule has 11 nitrogen and oxygen atoms in total. The second-order valence-corrected chi connectivity index (χ2v) is 5.16. The van der Waals surface area contributed by atoms with Crippen LogP contribution in [0.2, 0.25) is 0 Å². The van der Waals surface area contributed by atoms with Crippen LogP contribution in [0.3, 0.4) is 0 Å². The first-order chi connectivity index (χ1) is 12.1. The molecule has 0 aliphatic rings. The molecule has 0 amide bonds. The Morgan fingerprint density at radius 2 is 1.50 bits per heavy atom. The Hall–Kier alpha value is -3.63. The van der Waals surface area contributed by atoms with Gasteiger partial charge in [-0.15, -0.1) is 0 Å². The number of hydrogen-bond donors (Lipinski definition) is 1. The fourth-order valence-electron chi connectivity index (χ4n) is 2.02. The lowest BCUT2D eigenvalue weighted by Crippen LogP contribution is -1.97. The highest BCUT2D eigenvalue weighted by Gasteiger charge is 2.30. The molecule has 138 valence electrons. The van der Waals surface area contributed by atoms with Crippen molar-refractivity contribution in [1.82, 2.24) is 4.98 Å². The van der Waals surface area contributed by atoms with Gasteiger partial charge < -0.3 is 5.11 Å². The van der Waals surface area contributed by atoms with Gasteiger partial charge in [-0.2, -0.15) is 0 Å². The van der Waals surface area contributed by atoms with Crippen LogP contribution < -0.4 is 0 Å². The van der Waals surface area contributed by atoms with E-state index < -0.39 is 37.6 Å². The van der Waals surface area contributed by atoms with Crippen molar-refractivity contribution >= 4 is 17.1 Å². The van der Waals surface area contributed by atoms with Gasteiger partial charge >= 0.3 is 11.4 Å². The Morgan fingerprint density at radius 3 is 1.85 bits per heavy atom. The van der Waals surface area contributed by atoms with E-state index in [1.165, 1.54) is 16.8 Å². The SMILES string of the molecule is CCc1nccc(C)c1C.O=[N+]([O-])c1cc([N+](=O)[O-])c(O)c([N+](=O)[O-])c1. The number of non-ortho nitro benzene ring substituents is 1. The number of aromatic hydroxyl groups is 1. The molecule has 0 spiro atoms. The first-order valence-electron chi connectivity index (χ1n) is 7.31. The van der Waals surface area contributed by atoms with Crippen LogP contribution in [0.15, 0.2) is 24.4 Å². The number of phenolic OH excluding ortho intramolecular Hbond substituents is 1. The molecule has 0 unspecified atom stereocenters. The maximum Gasteiger partial charge on any atom is 0.324 e. The first-order valence-corrected chi connectivity index (χ1v) is 7.31. The molecule has 2 rings (SSSR count). The summed E-state index contributed by atoms with van der Waals surface area (Å²) in [4.78, 5) is 32.0. The number of phenols is 1. The highest BCUT2D eigenvalue weighted by atomic mass is 16.6. The molecular formula is C15H16N4O7. The van der Waals surface area contributed by atoms with Crippen molar-refractivity contribution in [3.05, 3.63) is 71.6 Å². The van der Waals surface area contributed by atoms with E-state index in [1.807, 2.05) is 6.20 Å². The fourth-order valence-corrected chi connectivity index (χ4v) is 2.02. The molecule has 11 heteroatoms. The van der Waals surface area contributed by atoms with Crippen molar-refractivity contribution in [1.29, 1.82) is 0 Å². The Kier molecular flexibility index (Phi) is 6.64. The third kappa shape index (κ3) is 4.69. The van der Waals surface area contributed by atoms with Crippen LogP contribution in [0.1, 0.15) is 23.7 Å². The van der Waals surface area contributed by atoms with E-state index in [2.05, 4.69) is 31.8 Å². The summed E-state index contributed by atoms with van der Waals surface area (Å²) in [5, 5.41) is 40.2. The van der Waals surface area contributed by atoms with Gasteiger partial charge in [0.15, 0.2) is 0 Å². The quantitative estimate of drug-likeness (QED) is 0.637. The van der Waals surface area contributed by atoms with E-state index in [9.17, 15) is 30.3 Å². The van der Waals surface area contributed by atoms with E-state index in [0.717, 1.165) is 6.42 Å². The normalized spacial score (nSPS) is 9.81. The Balaban J connectivity index is 0.000000289. The van der Waals surface area contributed by atoms with E-state index in [4.69, 9.17) is 5.11 Å². The predicted molar refractivity (Wildman–Crippen MR) is 91.2 cm³/mol. The van der Waals surface area contributed by atoms with Crippen LogP contribution in [-0.4, -0.2) is 24.9 Å². The van der Waals surface area contributed by atoms with E-state index in [-0.39, 0.29) is 0 Å². The fraction of sp³-hybridized carbons (Fsp3) is 0.267. The second-order valence-electron chi connectivity index (χ2n) is 5.16. The lowest BCUT2D eigenvalue weighted by atomic mass is 10.1. The minimum Gasteiger partial charge on any atom is -0.497 e. The molecule has 0 atom stereocenters. The molecule has 2 aromatic rings.